The molecule has 136 heavy (non-hydrogen) atoms. The zero-order valence-electron chi connectivity index (χ0n) is 75.5. The molecule has 19 nitrogen and oxygen atoms in total. The number of para-hydroxylation sites is 6. The highest BCUT2D eigenvalue weighted by molar-refractivity contribution is 6.32. The van der Waals surface area contributed by atoms with Crippen molar-refractivity contribution >= 4 is 213 Å². The monoisotopic (exact) mass is 1890 g/mol. The third-order valence-corrected chi connectivity index (χ3v) is 23.4. The van der Waals surface area contributed by atoms with Crippen LogP contribution in [0.25, 0.3) is 233 Å². The van der Waals surface area contributed by atoms with Crippen LogP contribution in [0.4, 0.5) is 0 Å². The Hall–Kier alpha value is -16.5. The normalized spacial score (nSPS) is 11.8. The number of hydrogen-bond donors (Lipinski definition) is 0. The topological polar surface area (TPSA) is 246 Å². The molecule has 0 fully saturated rings. The molecule has 27 rings (SSSR count). The third-order valence-electron chi connectivity index (χ3n) is 22.4. The van der Waals surface area contributed by atoms with Gasteiger partial charge in [-0.25, -0.2) is 59.8 Å². The number of hydrogen-bond acceptors (Lipinski definition) is 19. The Labute approximate surface area is 809 Å². The second kappa shape index (κ2) is 37.3. The maximum Gasteiger partial charge on any atom is 0.223 e. The predicted octanol–water partition coefficient (Wildman–Crippen LogP) is 32.1. The van der Waals surface area contributed by atoms with Crippen molar-refractivity contribution in [2.45, 2.75) is 0 Å². The first-order chi connectivity index (χ1) is 68.9. The maximum absolute atomic E-state index is 8.14. The predicted molar refractivity (Wildman–Crippen MR) is 545 cm³/mol. The Morgan fingerprint density at radius 3 is 0.853 bits per heavy atom. The van der Waals surface area contributed by atoms with Gasteiger partial charge < -0.3 is 26.5 Å². The van der Waals surface area contributed by atoms with E-state index in [1.807, 2.05) is 255 Å². The fraction of sp³-hybridized carbons (Fsp3) is 0. The minimum absolute atomic E-state index is 0.0700. The van der Waals surface area contributed by atoms with Crippen molar-refractivity contribution in [2.75, 3.05) is 0 Å². The molecule has 0 bridgehead atoms. The van der Waals surface area contributed by atoms with Crippen molar-refractivity contribution in [1.82, 2.24) is 64.8 Å². The van der Waals surface area contributed by atoms with Gasteiger partial charge in [-0.3, -0.25) is 4.98 Å². The summed E-state index contributed by atoms with van der Waals surface area (Å²) in [6.45, 7) is 0. The average molecular weight is 1890 g/mol. The number of furan rings is 6. The summed E-state index contributed by atoms with van der Waals surface area (Å²) in [5.41, 5.74) is 24.8. The van der Waals surface area contributed by atoms with Crippen molar-refractivity contribution in [3.8, 4) is 89.8 Å². The second-order valence-corrected chi connectivity index (χ2v) is 32.8. The fourth-order valence-electron chi connectivity index (χ4n) is 16.3. The molecule has 0 aliphatic heterocycles. The van der Waals surface area contributed by atoms with Gasteiger partial charge in [-0.2, -0.15) is 0 Å². The lowest BCUT2D eigenvalue weighted by Crippen LogP contribution is -1.90. The van der Waals surface area contributed by atoms with E-state index in [1.54, 1.807) is 30.6 Å². The Bertz CT molecular complexity index is 9340. The first-order valence-electron chi connectivity index (χ1n) is 44.9. The van der Waals surface area contributed by atoms with Crippen LogP contribution in [0.1, 0.15) is 6.85 Å². The van der Waals surface area contributed by atoms with Crippen LogP contribution in [0.2, 0.25) is 31.7 Å². The molecule has 13 aromatic heterocycles. The molecular weight excluding hydrogens is 1820 g/mol. The van der Waals surface area contributed by atoms with Crippen molar-refractivity contribution in [2.24, 2.45) is 0 Å². The van der Waals surface area contributed by atoms with E-state index in [9.17, 15) is 0 Å². The standard InChI is InChI=1S/2C22H13ClN2O.C20H11ClN2O.2C16H9ClN2O.C15H8ClN3O/c23-22-24-19(21-20(25-22)17-11-4-5-12-18(17)26-21)16-10-6-9-15(13-16)14-7-2-1-3-8-14;23-22-24-19(21-20(25-22)17-8-4-5-9-18(17)26-21)16-12-10-15(11-13-16)14-6-2-1-3-7-14;21-20-22-17(14-10-5-7-12-6-1-2-8-13(12)14)19-18(23-20)15-9-3-4-11-16(15)24-19;2*17-16-18-13(10-6-2-1-3-7-10)15-14(19-16)11-8-4-5-9-12(11)20-15;16-15-18-12(9-4-3-7-17-8-9)14-13(19-15)10-5-1-2-6-11(10)20-14/h2*1-13H;1-11H;2*1-9H;1-8H/i;;;1D,2D,3D,6D,7D;;. The lowest BCUT2D eigenvalue weighted by molar-refractivity contribution is 0.667. The molecule has 0 amide bonds. The Morgan fingerprint density at radius 2 is 0.463 bits per heavy atom. The molecule has 0 N–H and O–H groups in total. The van der Waals surface area contributed by atoms with Crippen molar-refractivity contribution in [3.63, 3.8) is 0 Å². The highest BCUT2D eigenvalue weighted by Crippen LogP contribution is 2.44. The summed E-state index contributed by atoms with van der Waals surface area (Å²) in [4.78, 5) is 56.1. The van der Waals surface area contributed by atoms with E-state index >= 15 is 0 Å². The quantitative estimate of drug-likeness (QED) is 0.128. The van der Waals surface area contributed by atoms with Gasteiger partial charge in [0, 0.05) is 78.1 Å². The van der Waals surface area contributed by atoms with E-state index in [1.165, 1.54) is 5.56 Å². The molecule has 13 heterocycles. The van der Waals surface area contributed by atoms with Gasteiger partial charge in [0.2, 0.25) is 31.7 Å². The minimum Gasteiger partial charge on any atom is -0.452 e. The Morgan fingerprint density at radius 1 is 0.199 bits per heavy atom. The summed E-state index contributed by atoms with van der Waals surface area (Å²) in [6, 6.07) is 109. The number of fused-ring (bicyclic) bond motifs is 19. The molecule has 0 saturated heterocycles. The second-order valence-electron chi connectivity index (χ2n) is 30.7. The van der Waals surface area contributed by atoms with Crippen LogP contribution in [-0.2, 0) is 0 Å². The lowest BCUT2D eigenvalue weighted by Gasteiger charge is -2.06. The zero-order chi connectivity index (χ0) is 96.0. The molecule has 27 aromatic rings. The first-order valence-corrected chi connectivity index (χ1v) is 44.6. The molecule has 14 aromatic carbocycles. The molecule has 650 valence electrons. The summed E-state index contributed by atoms with van der Waals surface area (Å²) in [6.07, 6.45) is 3.44. The Kier molecular flexibility index (Phi) is 21.7. The smallest absolute Gasteiger partial charge is 0.223 e. The first kappa shape index (κ1) is 79.3. The summed E-state index contributed by atoms with van der Waals surface area (Å²) in [5.74, 6) is 0. The molecule has 0 spiro atoms. The van der Waals surface area contributed by atoms with Crippen molar-refractivity contribution in [3.05, 3.63) is 414 Å². The van der Waals surface area contributed by atoms with E-state index in [-0.39, 0.29) is 60.6 Å². The number of halogens is 6. The average Bonchev–Trinajstić information content (AvgIpc) is 1.58. The van der Waals surface area contributed by atoms with E-state index in [4.69, 9.17) is 103 Å². The van der Waals surface area contributed by atoms with E-state index in [2.05, 4.69) is 132 Å². The number of pyridine rings is 1. The van der Waals surface area contributed by atoms with Gasteiger partial charge in [-0.15, -0.1) is 0 Å². The van der Waals surface area contributed by atoms with Crippen LogP contribution >= 0.6 is 69.6 Å². The fourth-order valence-corrected chi connectivity index (χ4v) is 17.4. The Balaban J connectivity index is 0.0000000974. The minimum atomic E-state index is -0.472. The number of benzene rings is 14. The third kappa shape index (κ3) is 17.0. The van der Waals surface area contributed by atoms with Gasteiger partial charge in [0.15, 0.2) is 33.5 Å². The van der Waals surface area contributed by atoms with Crippen LogP contribution < -0.4 is 0 Å². The molecular formula is C111H63Cl6N13O6. The van der Waals surface area contributed by atoms with Crippen LogP contribution in [0.3, 0.4) is 0 Å². The van der Waals surface area contributed by atoms with Crippen LogP contribution in [0, 0.1) is 0 Å². The molecule has 0 aliphatic carbocycles. The van der Waals surface area contributed by atoms with Crippen molar-refractivity contribution < 1.29 is 33.4 Å². The molecule has 0 aliphatic rings. The highest BCUT2D eigenvalue weighted by Gasteiger charge is 2.25. The van der Waals surface area contributed by atoms with E-state index < -0.39 is 18.1 Å². The number of aromatic nitrogens is 13. The van der Waals surface area contributed by atoms with E-state index in [0.29, 0.717) is 61.5 Å². The summed E-state index contributed by atoms with van der Waals surface area (Å²) < 4.78 is 75.4. The molecule has 25 heteroatoms. The van der Waals surface area contributed by atoms with Gasteiger partial charge in [-0.05, 0) is 194 Å². The van der Waals surface area contributed by atoms with Gasteiger partial charge in [0.25, 0.3) is 0 Å². The molecule has 0 atom stereocenters. The number of rotatable bonds is 8. The summed E-state index contributed by atoms with van der Waals surface area (Å²) in [5, 5.41) is 8.63. The summed E-state index contributed by atoms with van der Waals surface area (Å²) >= 11 is 36.8. The van der Waals surface area contributed by atoms with Crippen LogP contribution in [0.15, 0.2) is 409 Å². The van der Waals surface area contributed by atoms with Crippen LogP contribution in [-0.4, -0.2) is 64.8 Å². The van der Waals surface area contributed by atoms with Gasteiger partial charge in [-0.1, -0.05) is 279 Å². The largest absolute Gasteiger partial charge is 0.452 e. The zero-order valence-corrected chi connectivity index (χ0v) is 75.1. The lowest BCUT2D eigenvalue weighted by atomic mass is 10.0. The maximum atomic E-state index is 8.14. The highest BCUT2D eigenvalue weighted by atomic mass is 35.5. The number of nitrogens with zero attached hydrogens (tertiary/aromatic N) is 13. The van der Waals surface area contributed by atoms with Gasteiger partial charge in [0.05, 0.1) is 6.85 Å². The van der Waals surface area contributed by atoms with Gasteiger partial charge in [0.1, 0.15) is 101 Å². The SMILES string of the molecule is Clc1nc(-c2ccc(-c3ccccc3)cc2)c2oc3ccccc3c2n1.Clc1nc(-c2cccc(-c3ccccc3)c2)c2oc3ccccc3c2n1.Clc1nc(-c2cccc3ccccc23)c2oc3ccccc3c2n1.Clc1nc(-c2ccccc2)c2oc3ccccc3c2n1.Clc1nc(-c2cccnc2)c2oc3ccccc3c2n1.[2H]c1c([2H])c([2H])c(-c2nc(Cl)nc3c2oc2ccccc23)c([2H])c1[2H]. The van der Waals surface area contributed by atoms with Gasteiger partial charge >= 0.3 is 0 Å². The van der Waals surface area contributed by atoms with Crippen molar-refractivity contribution in [1.29, 1.82) is 0 Å². The molecule has 0 unspecified atom stereocenters. The molecule has 0 radical (unpaired) electrons. The van der Waals surface area contributed by atoms with Crippen LogP contribution in [0.5, 0.6) is 0 Å². The summed E-state index contributed by atoms with van der Waals surface area (Å²) in [7, 11) is 0. The van der Waals surface area contributed by atoms with E-state index in [0.717, 1.165) is 149 Å². The molecule has 0 saturated carbocycles.